The Hall–Kier alpha value is -1.05. The van der Waals surface area contributed by atoms with Crippen LogP contribution in [-0.4, -0.2) is 65.0 Å². The van der Waals surface area contributed by atoms with Crippen molar-refractivity contribution in [3.05, 3.63) is 12.4 Å². The molecule has 1 atom stereocenters. The smallest absolute Gasteiger partial charge is 0.224 e. The molecule has 1 aromatic heterocycles. The number of amides is 1. The molecule has 140 valence electrons. The van der Waals surface area contributed by atoms with Crippen molar-refractivity contribution in [2.45, 2.75) is 48.6 Å². The summed E-state index contributed by atoms with van der Waals surface area (Å²) < 4.78 is 7.20. The highest BCUT2D eigenvalue weighted by molar-refractivity contribution is 7.99. The summed E-state index contributed by atoms with van der Waals surface area (Å²) >= 11 is 1.87. The van der Waals surface area contributed by atoms with Crippen LogP contribution >= 0.6 is 11.8 Å². The number of carbonyl (C=O) groups excluding carboxylic acids is 1. The quantitative estimate of drug-likeness (QED) is 0.799. The number of hydrogen-bond acceptors (Lipinski definition) is 5. The highest BCUT2D eigenvalue weighted by Gasteiger charge is 2.30. The van der Waals surface area contributed by atoms with Crippen molar-refractivity contribution in [2.24, 2.45) is 13.0 Å². The lowest BCUT2D eigenvalue weighted by atomic mass is 9.94. The Morgan fingerprint density at radius 3 is 2.84 bits per heavy atom. The van der Waals surface area contributed by atoms with Gasteiger partial charge in [0.25, 0.3) is 0 Å². The van der Waals surface area contributed by atoms with Crippen LogP contribution < -0.4 is 5.32 Å². The standard InChI is InChI=1S/C18H30N4O2S/c1-21-10-8-19-18(21)25-16-5-3-15(4-6-16)20-17(23)14-7-9-22(13-14)11-12-24-2/h8,10,14-16H,3-7,9,11-13H2,1-2H3,(H,20,23). The van der Waals surface area contributed by atoms with Crippen LogP contribution in [0.2, 0.25) is 0 Å². The summed E-state index contributed by atoms with van der Waals surface area (Å²) in [6.45, 7) is 3.55. The summed E-state index contributed by atoms with van der Waals surface area (Å²) in [6.07, 6.45) is 9.26. The molecule has 7 heteroatoms. The molecule has 1 saturated heterocycles. The molecule has 2 aliphatic rings. The van der Waals surface area contributed by atoms with Crippen molar-refractivity contribution < 1.29 is 9.53 Å². The Labute approximate surface area is 154 Å². The Balaban J connectivity index is 1.37. The summed E-state index contributed by atoms with van der Waals surface area (Å²) in [4.78, 5) is 19.3. The van der Waals surface area contributed by atoms with Gasteiger partial charge < -0.3 is 19.5 Å². The molecule has 1 amide bonds. The van der Waals surface area contributed by atoms with Gasteiger partial charge in [0, 0.05) is 50.9 Å². The lowest BCUT2D eigenvalue weighted by molar-refractivity contribution is -0.125. The number of imidazole rings is 1. The number of aryl methyl sites for hydroxylation is 1. The van der Waals surface area contributed by atoms with Crippen molar-refractivity contribution >= 4 is 17.7 Å². The zero-order valence-corrected chi connectivity index (χ0v) is 16.1. The van der Waals surface area contributed by atoms with Gasteiger partial charge in [0.2, 0.25) is 5.91 Å². The molecule has 1 aliphatic carbocycles. The SMILES string of the molecule is COCCN1CCC(C(=O)NC2CCC(Sc3nccn3C)CC2)C1. The number of ether oxygens (including phenoxy) is 1. The first-order valence-corrected chi connectivity index (χ1v) is 10.2. The Bertz CT molecular complexity index is 557. The van der Waals surface area contributed by atoms with Gasteiger partial charge in [-0.05, 0) is 38.6 Å². The summed E-state index contributed by atoms with van der Waals surface area (Å²) in [5.74, 6) is 0.400. The number of methoxy groups -OCH3 is 1. The van der Waals surface area contributed by atoms with E-state index in [2.05, 4.69) is 19.8 Å². The van der Waals surface area contributed by atoms with Crippen molar-refractivity contribution in [1.29, 1.82) is 0 Å². The molecule has 1 unspecified atom stereocenters. The van der Waals surface area contributed by atoms with Crippen LogP contribution in [-0.2, 0) is 16.6 Å². The molecule has 25 heavy (non-hydrogen) atoms. The van der Waals surface area contributed by atoms with E-state index in [-0.39, 0.29) is 11.8 Å². The van der Waals surface area contributed by atoms with Crippen molar-refractivity contribution in [1.82, 2.24) is 19.8 Å². The molecule has 1 saturated carbocycles. The minimum absolute atomic E-state index is 0.150. The zero-order valence-electron chi connectivity index (χ0n) is 15.3. The first kappa shape index (κ1) is 18.7. The van der Waals surface area contributed by atoms with Crippen LogP contribution in [0.15, 0.2) is 17.6 Å². The van der Waals surface area contributed by atoms with E-state index < -0.39 is 0 Å². The molecular weight excluding hydrogens is 336 g/mol. The van der Waals surface area contributed by atoms with Crippen LogP contribution in [0, 0.1) is 5.92 Å². The molecule has 6 nitrogen and oxygen atoms in total. The first-order valence-electron chi connectivity index (χ1n) is 9.31. The second-order valence-electron chi connectivity index (χ2n) is 7.20. The largest absolute Gasteiger partial charge is 0.383 e. The van der Waals surface area contributed by atoms with E-state index in [9.17, 15) is 4.79 Å². The van der Waals surface area contributed by atoms with Crippen molar-refractivity contribution in [2.75, 3.05) is 33.4 Å². The zero-order chi connectivity index (χ0) is 17.6. The van der Waals surface area contributed by atoms with Crippen LogP contribution in [0.4, 0.5) is 0 Å². The fourth-order valence-electron chi connectivity index (χ4n) is 3.73. The number of likely N-dealkylation sites (tertiary alicyclic amines) is 1. The highest BCUT2D eigenvalue weighted by atomic mass is 32.2. The average molecular weight is 367 g/mol. The molecule has 1 aliphatic heterocycles. The van der Waals surface area contributed by atoms with E-state index in [1.54, 1.807) is 7.11 Å². The predicted octanol–water partition coefficient (Wildman–Crippen LogP) is 1.91. The lowest BCUT2D eigenvalue weighted by Gasteiger charge is -2.29. The van der Waals surface area contributed by atoms with E-state index >= 15 is 0 Å². The number of thioether (sulfide) groups is 1. The number of nitrogens with zero attached hydrogens (tertiary/aromatic N) is 3. The number of aromatic nitrogens is 2. The molecule has 2 fully saturated rings. The topological polar surface area (TPSA) is 59.4 Å². The molecule has 0 spiro atoms. The summed E-state index contributed by atoms with van der Waals surface area (Å²) in [5.41, 5.74) is 0. The number of nitrogens with one attached hydrogen (secondary N) is 1. The predicted molar refractivity (Wildman–Crippen MR) is 99.7 cm³/mol. The monoisotopic (exact) mass is 366 g/mol. The maximum atomic E-state index is 12.5. The molecule has 0 aromatic carbocycles. The van der Waals surface area contributed by atoms with Gasteiger partial charge >= 0.3 is 0 Å². The average Bonchev–Trinajstić information content (AvgIpc) is 3.24. The summed E-state index contributed by atoms with van der Waals surface area (Å²) in [6, 6.07) is 0.346. The van der Waals surface area contributed by atoms with E-state index in [0.717, 1.165) is 63.5 Å². The maximum Gasteiger partial charge on any atom is 0.224 e. The third-order valence-corrected chi connectivity index (χ3v) is 6.73. The molecular formula is C18H30N4O2S. The van der Waals surface area contributed by atoms with E-state index in [0.29, 0.717) is 11.3 Å². The van der Waals surface area contributed by atoms with Gasteiger partial charge in [-0.2, -0.15) is 0 Å². The van der Waals surface area contributed by atoms with Crippen LogP contribution in [0.3, 0.4) is 0 Å². The van der Waals surface area contributed by atoms with E-state index in [1.807, 2.05) is 31.2 Å². The Kier molecular flexibility index (Phi) is 6.78. The minimum atomic E-state index is 0.150. The Morgan fingerprint density at radius 1 is 1.36 bits per heavy atom. The number of hydrogen-bond donors (Lipinski definition) is 1. The minimum Gasteiger partial charge on any atom is -0.383 e. The van der Waals surface area contributed by atoms with Gasteiger partial charge in [0.05, 0.1) is 12.5 Å². The van der Waals surface area contributed by atoms with Gasteiger partial charge in [-0.15, -0.1) is 0 Å². The van der Waals surface area contributed by atoms with Gasteiger partial charge in [-0.3, -0.25) is 4.79 Å². The second kappa shape index (κ2) is 9.05. The van der Waals surface area contributed by atoms with Crippen LogP contribution in [0.5, 0.6) is 0 Å². The third kappa shape index (κ3) is 5.21. The van der Waals surface area contributed by atoms with Gasteiger partial charge in [-0.25, -0.2) is 4.98 Å². The molecule has 0 radical (unpaired) electrons. The Morgan fingerprint density at radius 2 is 2.16 bits per heavy atom. The van der Waals surface area contributed by atoms with Gasteiger partial charge in [-0.1, -0.05) is 11.8 Å². The number of rotatable bonds is 7. The van der Waals surface area contributed by atoms with Gasteiger partial charge in [0.1, 0.15) is 0 Å². The third-order valence-electron chi connectivity index (χ3n) is 5.32. The number of carbonyl (C=O) groups is 1. The van der Waals surface area contributed by atoms with E-state index in [4.69, 9.17) is 4.74 Å². The molecule has 0 bridgehead atoms. The van der Waals surface area contributed by atoms with Crippen LogP contribution in [0.25, 0.3) is 0 Å². The molecule has 2 heterocycles. The maximum absolute atomic E-state index is 12.5. The second-order valence-corrected chi connectivity index (χ2v) is 8.47. The van der Waals surface area contributed by atoms with Crippen molar-refractivity contribution in [3.63, 3.8) is 0 Å². The molecule has 1 aromatic rings. The normalized spacial score (nSPS) is 27.5. The molecule has 1 N–H and O–H groups in total. The lowest BCUT2D eigenvalue weighted by Crippen LogP contribution is -2.42. The highest BCUT2D eigenvalue weighted by Crippen LogP contribution is 2.32. The summed E-state index contributed by atoms with van der Waals surface area (Å²) in [7, 11) is 3.77. The fraction of sp³-hybridized carbons (Fsp3) is 0.778. The summed E-state index contributed by atoms with van der Waals surface area (Å²) in [5, 5.41) is 5.01. The fourth-order valence-corrected chi connectivity index (χ4v) is 4.88. The van der Waals surface area contributed by atoms with Crippen molar-refractivity contribution in [3.8, 4) is 0 Å². The first-order chi connectivity index (χ1) is 12.2. The van der Waals surface area contributed by atoms with E-state index in [1.165, 1.54) is 0 Å². The van der Waals surface area contributed by atoms with Gasteiger partial charge in [0.15, 0.2) is 5.16 Å². The molecule has 3 rings (SSSR count). The van der Waals surface area contributed by atoms with Crippen LogP contribution in [0.1, 0.15) is 32.1 Å².